The summed E-state index contributed by atoms with van der Waals surface area (Å²) in [7, 11) is 3.71. The smallest absolute Gasteiger partial charge is 0.274 e. The van der Waals surface area contributed by atoms with Crippen molar-refractivity contribution in [3.05, 3.63) is 41.7 Å². The number of hydrogen-bond acceptors (Lipinski definition) is 5. The molecule has 0 radical (unpaired) electrons. The van der Waals surface area contributed by atoms with Crippen molar-refractivity contribution < 1.29 is 9.53 Å². The first-order valence-electron chi connectivity index (χ1n) is 8.01. The number of anilines is 2. The molecule has 24 heavy (non-hydrogen) atoms. The normalized spacial score (nSPS) is 10.6. The number of rotatable bonds is 6. The van der Waals surface area contributed by atoms with Crippen molar-refractivity contribution in [3.8, 4) is 5.75 Å². The summed E-state index contributed by atoms with van der Waals surface area (Å²) in [6.07, 6.45) is 0. The van der Waals surface area contributed by atoms with Crippen molar-refractivity contribution in [2.75, 3.05) is 30.9 Å². The maximum atomic E-state index is 12.5. The van der Waals surface area contributed by atoms with E-state index in [-0.39, 0.29) is 11.8 Å². The summed E-state index contributed by atoms with van der Waals surface area (Å²) >= 11 is 0. The highest BCUT2D eigenvalue weighted by molar-refractivity contribution is 6.03. The highest BCUT2D eigenvalue weighted by atomic mass is 16.5. The van der Waals surface area contributed by atoms with E-state index in [9.17, 15) is 4.79 Å². The Bertz CT molecular complexity index is 670. The van der Waals surface area contributed by atoms with Crippen molar-refractivity contribution in [1.29, 1.82) is 0 Å². The van der Waals surface area contributed by atoms with E-state index in [4.69, 9.17) is 4.74 Å². The van der Waals surface area contributed by atoms with Crippen molar-refractivity contribution in [3.63, 3.8) is 0 Å². The van der Waals surface area contributed by atoms with E-state index >= 15 is 0 Å². The van der Waals surface area contributed by atoms with Gasteiger partial charge >= 0.3 is 0 Å². The predicted octanol–water partition coefficient (Wildman–Crippen LogP) is 3.32. The fourth-order valence-electron chi connectivity index (χ4n) is 2.06. The first-order valence-corrected chi connectivity index (χ1v) is 8.01. The van der Waals surface area contributed by atoms with Crippen LogP contribution in [0.3, 0.4) is 0 Å². The van der Waals surface area contributed by atoms with Gasteiger partial charge in [0, 0.05) is 25.5 Å². The molecule has 0 spiro atoms. The summed E-state index contributed by atoms with van der Waals surface area (Å²) in [5.74, 6) is 1.25. The van der Waals surface area contributed by atoms with Gasteiger partial charge in [-0.25, -0.2) is 9.97 Å². The number of amides is 1. The van der Waals surface area contributed by atoms with E-state index in [2.05, 4.69) is 15.3 Å². The fraction of sp³-hybridized carbons (Fsp3) is 0.389. The second kappa shape index (κ2) is 7.77. The number of carbonyl (C=O) groups excluding carboxylic acids is 1. The number of ether oxygens (including phenoxy) is 1. The maximum absolute atomic E-state index is 12.5. The topological polar surface area (TPSA) is 67.3 Å². The lowest BCUT2D eigenvalue weighted by Gasteiger charge is -2.15. The van der Waals surface area contributed by atoms with E-state index in [1.54, 1.807) is 23.1 Å². The van der Waals surface area contributed by atoms with Crippen LogP contribution < -0.4 is 15.0 Å². The van der Waals surface area contributed by atoms with Gasteiger partial charge in [0.1, 0.15) is 11.4 Å². The summed E-state index contributed by atoms with van der Waals surface area (Å²) in [5.41, 5.74) is 1.89. The van der Waals surface area contributed by atoms with Crippen molar-refractivity contribution in [1.82, 2.24) is 9.97 Å². The van der Waals surface area contributed by atoms with E-state index in [0.717, 1.165) is 11.4 Å². The molecule has 0 unspecified atom stereocenters. The molecule has 1 N–H and O–H groups in total. The highest BCUT2D eigenvalue weighted by Crippen LogP contribution is 2.19. The Morgan fingerprint density at radius 1 is 1.21 bits per heavy atom. The SMILES string of the molecule is CCOc1ccc(NC(=O)c2cc(C(C)C)nc(N(C)C)n2)cc1. The molecule has 1 aromatic carbocycles. The molecule has 6 heteroatoms. The van der Waals surface area contributed by atoms with Crippen molar-refractivity contribution in [2.24, 2.45) is 0 Å². The van der Waals surface area contributed by atoms with Crippen LogP contribution in [0.25, 0.3) is 0 Å². The van der Waals surface area contributed by atoms with Crippen LogP contribution in [-0.2, 0) is 0 Å². The van der Waals surface area contributed by atoms with Crippen LogP contribution in [0.2, 0.25) is 0 Å². The second-order valence-corrected chi connectivity index (χ2v) is 5.94. The van der Waals surface area contributed by atoms with E-state index in [1.165, 1.54) is 0 Å². The van der Waals surface area contributed by atoms with Crippen LogP contribution in [0.4, 0.5) is 11.6 Å². The van der Waals surface area contributed by atoms with Crippen LogP contribution in [0, 0.1) is 0 Å². The van der Waals surface area contributed by atoms with Gasteiger partial charge in [0.2, 0.25) is 5.95 Å². The molecule has 0 aliphatic carbocycles. The molecule has 0 fully saturated rings. The summed E-state index contributed by atoms with van der Waals surface area (Å²) < 4.78 is 5.40. The molecule has 2 aromatic rings. The second-order valence-electron chi connectivity index (χ2n) is 5.94. The van der Waals surface area contributed by atoms with Gasteiger partial charge in [-0.05, 0) is 43.2 Å². The van der Waals surface area contributed by atoms with E-state index in [0.29, 0.717) is 23.9 Å². The fourth-order valence-corrected chi connectivity index (χ4v) is 2.06. The number of hydrogen-bond donors (Lipinski definition) is 1. The zero-order valence-corrected chi connectivity index (χ0v) is 14.8. The van der Waals surface area contributed by atoms with Gasteiger partial charge in [-0.1, -0.05) is 13.8 Å². The zero-order chi connectivity index (χ0) is 17.7. The summed E-state index contributed by atoms with van der Waals surface area (Å²) in [4.78, 5) is 23.1. The Labute approximate surface area is 142 Å². The Balaban J connectivity index is 2.22. The summed E-state index contributed by atoms with van der Waals surface area (Å²) in [5, 5.41) is 2.86. The third-order valence-electron chi connectivity index (χ3n) is 3.38. The molecule has 0 saturated heterocycles. The third kappa shape index (κ3) is 4.44. The van der Waals surface area contributed by atoms with Gasteiger partial charge in [-0.2, -0.15) is 0 Å². The van der Waals surface area contributed by atoms with Gasteiger partial charge in [0.25, 0.3) is 5.91 Å². The lowest BCUT2D eigenvalue weighted by atomic mass is 10.1. The number of aromatic nitrogens is 2. The molecule has 0 aliphatic rings. The van der Waals surface area contributed by atoms with E-state index in [1.807, 2.05) is 47.0 Å². The van der Waals surface area contributed by atoms with Crippen LogP contribution in [0.15, 0.2) is 30.3 Å². The molecule has 1 amide bonds. The minimum atomic E-state index is -0.258. The number of nitrogens with one attached hydrogen (secondary N) is 1. The quantitative estimate of drug-likeness (QED) is 0.881. The lowest BCUT2D eigenvalue weighted by molar-refractivity contribution is 0.102. The zero-order valence-electron chi connectivity index (χ0n) is 14.8. The molecule has 0 aliphatic heterocycles. The Morgan fingerprint density at radius 3 is 2.42 bits per heavy atom. The van der Waals surface area contributed by atoms with Crippen LogP contribution in [0.1, 0.15) is 42.9 Å². The number of carbonyl (C=O) groups is 1. The van der Waals surface area contributed by atoms with Crippen LogP contribution >= 0.6 is 0 Å². The predicted molar refractivity (Wildman–Crippen MR) is 96.0 cm³/mol. The molecular formula is C18H24N4O2. The molecule has 2 rings (SSSR count). The number of benzene rings is 1. The maximum Gasteiger partial charge on any atom is 0.274 e. The Hall–Kier alpha value is -2.63. The Morgan fingerprint density at radius 2 is 1.88 bits per heavy atom. The molecule has 0 bridgehead atoms. The third-order valence-corrected chi connectivity index (χ3v) is 3.38. The first-order chi connectivity index (χ1) is 11.4. The molecular weight excluding hydrogens is 304 g/mol. The van der Waals surface area contributed by atoms with Crippen molar-refractivity contribution in [2.45, 2.75) is 26.7 Å². The molecule has 0 saturated carbocycles. The van der Waals surface area contributed by atoms with Crippen LogP contribution in [0.5, 0.6) is 5.75 Å². The molecule has 128 valence electrons. The molecule has 1 aromatic heterocycles. The first kappa shape index (κ1) is 17.7. The van der Waals surface area contributed by atoms with Crippen LogP contribution in [-0.4, -0.2) is 36.6 Å². The Kier molecular flexibility index (Phi) is 5.73. The minimum absolute atomic E-state index is 0.212. The number of nitrogens with zero attached hydrogens (tertiary/aromatic N) is 3. The van der Waals surface area contributed by atoms with E-state index < -0.39 is 0 Å². The average Bonchev–Trinajstić information content (AvgIpc) is 2.56. The average molecular weight is 328 g/mol. The minimum Gasteiger partial charge on any atom is -0.494 e. The standard InChI is InChI=1S/C18H24N4O2/c1-6-24-14-9-7-13(8-10-14)19-17(23)16-11-15(12(2)3)20-18(21-16)22(4)5/h7-12H,6H2,1-5H3,(H,19,23). The summed E-state index contributed by atoms with van der Waals surface area (Å²) in [6.45, 7) is 6.61. The highest BCUT2D eigenvalue weighted by Gasteiger charge is 2.15. The molecule has 1 heterocycles. The summed E-state index contributed by atoms with van der Waals surface area (Å²) in [6, 6.07) is 9.00. The van der Waals surface area contributed by atoms with Gasteiger partial charge in [-0.3, -0.25) is 4.79 Å². The van der Waals surface area contributed by atoms with Gasteiger partial charge in [0.15, 0.2) is 0 Å². The van der Waals surface area contributed by atoms with Gasteiger partial charge in [-0.15, -0.1) is 0 Å². The van der Waals surface area contributed by atoms with Crippen molar-refractivity contribution >= 4 is 17.5 Å². The molecule has 6 nitrogen and oxygen atoms in total. The monoisotopic (exact) mass is 328 g/mol. The molecule has 0 atom stereocenters. The van der Waals surface area contributed by atoms with Gasteiger partial charge < -0.3 is 15.0 Å². The largest absolute Gasteiger partial charge is 0.494 e. The van der Waals surface area contributed by atoms with Gasteiger partial charge in [0.05, 0.1) is 6.61 Å². The lowest BCUT2D eigenvalue weighted by Crippen LogP contribution is -2.19.